The number of carbonyl (C=O) groups excluding carboxylic acids is 1. The van der Waals surface area contributed by atoms with Crippen molar-refractivity contribution in [2.24, 2.45) is 0 Å². The van der Waals surface area contributed by atoms with E-state index in [2.05, 4.69) is 0 Å². The zero-order valence-corrected chi connectivity index (χ0v) is 11.1. The molecule has 0 aromatic heterocycles. The van der Waals surface area contributed by atoms with Crippen LogP contribution in [0.15, 0.2) is 11.6 Å². The summed E-state index contributed by atoms with van der Waals surface area (Å²) < 4.78 is 42.5. The van der Waals surface area contributed by atoms with Crippen molar-refractivity contribution in [3.63, 3.8) is 0 Å². The van der Waals surface area contributed by atoms with Crippen molar-refractivity contribution in [1.29, 1.82) is 0 Å². The maximum atomic E-state index is 12.5. The van der Waals surface area contributed by atoms with Crippen LogP contribution in [0.5, 0.6) is 0 Å². The molecule has 2 amide bonds. The largest absolute Gasteiger partial charge is 0.479 e. The fraction of sp³-hybridized carbons (Fsp3) is 0.667. The lowest BCUT2D eigenvalue weighted by Crippen LogP contribution is -2.53. The number of alkyl halides is 3. The van der Waals surface area contributed by atoms with Gasteiger partial charge in [0, 0.05) is 25.2 Å². The highest BCUT2D eigenvalue weighted by Crippen LogP contribution is 2.30. The minimum atomic E-state index is -4.36. The second-order valence-corrected chi connectivity index (χ2v) is 4.85. The highest BCUT2D eigenvalue weighted by Gasteiger charge is 2.37. The van der Waals surface area contributed by atoms with Crippen molar-refractivity contribution < 1.29 is 32.6 Å². The number of carboxylic acids is 1. The van der Waals surface area contributed by atoms with Crippen LogP contribution in [-0.4, -0.2) is 72.0 Å². The highest BCUT2D eigenvalue weighted by atomic mass is 19.4. The van der Waals surface area contributed by atoms with Gasteiger partial charge in [-0.1, -0.05) is 6.08 Å². The Bertz CT molecular complexity index is 464. The average molecular weight is 308 g/mol. The molecular formula is C12H15F3N2O4. The summed E-state index contributed by atoms with van der Waals surface area (Å²) in [7, 11) is 0. The van der Waals surface area contributed by atoms with Crippen molar-refractivity contribution in [3.8, 4) is 0 Å². The van der Waals surface area contributed by atoms with Gasteiger partial charge in [-0.3, -0.25) is 0 Å². The minimum Gasteiger partial charge on any atom is -0.479 e. The van der Waals surface area contributed by atoms with Crippen LogP contribution in [0.4, 0.5) is 18.0 Å². The zero-order valence-electron chi connectivity index (χ0n) is 11.1. The van der Waals surface area contributed by atoms with E-state index in [1.54, 1.807) is 0 Å². The van der Waals surface area contributed by atoms with E-state index in [0.29, 0.717) is 0 Å². The summed E-state index contributed by atoms with van der Waals surface area (Å²) in [6.07, 6.45) is -4.70. The molecule has 1 atom stereocenters. The molecule has 0 spiro atoms. The maximum Gasteiger partial charge on any atom is 0.412 e. The molecule has 0 aliphatic carbocycles. The first-order chi connectivity index (χ1) is 9.79. The molecule has 0 aromatic rings. The first-order valence-corrected chi connectivity index (χ1v) is 6.43. The van der Waals surface area contributed by atoms with Gasteiger partial charge < -0.3 is 19.6 Å². The maximum absolute atomic E-state index is 12.5. The summed E-state index contributed by atoms with van der Waals surface area (Å²) in [4.78, 5) is 25.6. The molecule has 21 heavy (non-hydrogen) atoms. The van der Waals surface area contributed by atoms with E-state index >= 15 is 0 Å². The molecule has 1 unspecified atom stereocenters. The first kappa shape index (κ1) is 15.6. The van der Waals surface area contributed by atoms with E-state index < -0.39 is 29.9 Å². The van der Waals surface area contributed by atoms with E-state index in [4.69, 9.17) is 9.84 Å². The Morgan fingerprint density at radius 2 is 2.00 bits per heavy atom. The van der Waals surface area contributed by atoms with Crippen molar-refractivity contribution in [2.45, 2.75) is 18.7 Å². The molecule has 2 heterocycles. The van der Waals surface area contributed by atoms with Crippen molar-refractivity contribution in [2.75, 3.05) is 32.8 Å². The monoisotopic (exact) mass is 308 g/mol. The lowest BCUT2D eigenvalue weighted by molar-refractivity contribution is -0.154. The molecule has 2 aliphatic heterocycles. The molecule has 0 saturated carbocycles. The lowest BCUT2D eigenvalue weighted by Gasteiger charge is -2.36. The van der Waals surface area contributed by atoms with Crippen LogP contribution in [0, 0.1) is 0 Å². The predicted molar refractivity (Wildman–Crippen MR) is 64.7 cm³/mol. The normalized spacial score (nSPS) is 23.8. The van der Waals surface area contributed by atoms with Gasteiger partial charge in [-0.15, -0.1) is 0 Å². The molecule has 1 fully saturated rings. The van der Waals surface area contributed by atoms with E-state index in [0.717, 1.165) is 6.08 Å². The summed E-state index contributed by atoms with van der Waals surface area (Å²) in [5, 5.41) is 8.86. The van der Waals surface area contributed by atoms with Crippen LogP contribution in [-0.2, 0) is 9.53 Å². The molecule has 1 saturated heterocycles. The fourth-order valence-electron chi connectivity index (χ4n) is 2.27. The Hall–Kier alpha value is -1.77. The van der Waals surface area contributed by atoms with Crippen molar-refractivity contribution in [3.05, 3.63) is 11.6 Å². The zero-order chi connectivity index (χ0) is 15.6. The Balaban J connectivity index is 1.96. The van der Waals surface area contributed by atoms with E-state index in [1.807, 2.05) is 0 Å². The number of hydrogen-bond acceptors (Lipinski definition) is 3. The number of nitrogens with zero attached hydrogens (tertiary/aromatic N) is 2. The minimum absolute atomic E-state index is 0.0285. The number of amides is 2. The Labute approximate surface area is 118 Å². The van der Waals surface area contributed by atoms with Crippen molar-refractivity contribution >= 4 is 12.0 Å². The summed E-state index contributed by atoms with van der Waals surface area (Å²) in [5.74, 6) is -1.16. The second-order valence-electron chi connectivity index (χ2n) is 4.85. The standard InChI is InChI=1S/C12H15F3N2O4/c13-12(14,15)8-1-3-16(4-2-8)11(20)17-5-6-21-9(7-17)10(18)19/h1,9H,2-7H2,(H,18,19). The van der Waals surface area contributed by atoms with Crippen molar-refractivity contribution in [1.82, 2.24) is 9.80 Å². The van der Waals surface area contributed by atoms with Crippen LogP contribution in [0.1, 0.15) is 6.42 Å². The van der Waals surface area contributed by atoms with Gasteiger partial charge in [0.2, 0.25) is 0 Å². The number of morpholine rings is 1. The molecule has 9 heteroatoms. The summed E-state index contributed by atoms with van der Waals surface area (Å²) in [6, 6.07) is -0.456. The summed E-state index contributed by atoms with van der Waals surface area (Å²) >= 11 is 0. The predicted octanol–water partition coefficient (Wildman–Crippen LogP) is 1.09. The van der Waals surface area contributed by atoms with Gasteiger partial charge in [0.15, 0.2) is 6.10 Å². The molecule has 2 rings (SSSR count). The van der Waals surface area contributed by atoms with Gasteiger partial charge >= 0.3 is 18.2 Å². The van der Waals surface area contributed by atoms with Crippen LogP contribution in [0.3, 0.4) is 0 Å². The number of rotatable bonds is 1. The van der Waals surface area contributed by atoms with Crippen LogP contribution in [0.25, 0.3) is 0 Å². The Morgan fingerprint density at radius 3 is 2.52 bits per heavy atom. The molecule has 0 bridgehead atoms. The Kier molecular flexibility index (Phi) is 4.40. The SMILES string of the molecule is O=C(O)C1CN(C(=O)N2CC=C(C(F)(F)F)CC2)CCO1. The number of ether oxygens (including phenoxy) is 1. The molecule has 2 aliphatic rings. The Morgan fingerprint density at radius 1 is 1.29 bits per heavy atom. The summed E-state index contributed by atoms with van der Waals surface area (Å²) in [6.45, 7) is 0.0810. The average Bonchev–Trinajstić information content (AvgIpc) is 2.46. The van der Waals surface area contributed by atoms with Crippen LogP contribution in [0.2, 0.25) is 0 Å². The summed E-state index contributed by atoms with van der Waals surface area (Å²) in [5.41, 5.74) is -0.628. The number of aliphatic carboxylic acids is 1. The molecule has 1 N–H and O–H groups in total. The number of carboxylic acid groups (broad SMARTS) is 1. The molecule has 6 nitrogen and oxygen atoms in total. The number of urea groups is 1. The topological polar surface area (TPSA) is 70.1 Å². The van der Waals surface area contributed by atoms with E-state index in [1.165, 1.54) is 9.80 Å². The third kappa shape index (κ3) is 3.66. The van der Waals surface area contributed by atoms with E-state index in [9.17, 15) is 22.8 Å². The molecule has 0 radical (unpaired) electrons. The third-order valence-corrected chi connectivity index (χ3v) is 3.46. The molecular weight excluding hydrogens is 293 g/mol. The van der Waals surface area contributed by atoms with E-state index in [-0.39, 0.29) is 39.2 Å². The lowest BCUT2D eigenvalue weighted by atomic mass is 10.1. The van der Waals surface area contributed by atoms with Gasteiger partial charge in [0.05, 0.1) is 13.2 Å². The van der Waals surface area contributed by atoms with Gasteiger partial charge in [-0.2, -0.15) is 13.2 Å². The van der Waals surface area contributed by atoms with Crippen LogP contribution >= 0.6 is 0 Å². The van der Waals surface area contributed by atoms with Crippen LogP contribution < -0.4 is 0 Å². The number of carbonyl (C=O) groups is 2. The molecule has 0 aromatic carbocycles. The smallest absolute Gasteiger partial charge is 0.412 e. The molecule has 118 valence electrons. The number of hydrogen-bond donors (Lipinski definition) is 1. The van der Waals surface area contributed by atoms with Gasteiger partial charge in [0.1, 0.15) is 0 Å². The highest BCUT2D eigenvalue weighted by molar-refractivity contribution is 5.77. The van der Waals surface area contributed by atoms with Gasteiger partial charge in [-0.25, -0.2) is 9.59 Å². The fourth-order valence-corrected chi connectivity index (χ4v) is 2.27. The van der Waals surface area contributed by atoms with Gasteiger partial charge in [0.25, 0.3) is 0 Å². The first-order valence-electron chi connectivity index (χ1n) is 6.43. The third-order valence-electron chi connectivity index (χ3n) is 3.46. The number of halogens is 3. The van der Waals surface area contributed by atoms with Gasteiger partial charge in [-0.05, 0) is 6.42 Å². The second kappa shape index (κ2) is 5.92. The quantitative estimate of drug-likeness (QED) is 0.736.